The molecular formula is C16H15BrClNO4S. The second-order valence-electron chi connectivity index (χ2n) is 4.96. The van der Waals surface area contributed by atoms with Crippen molar-refractivity contribution in [1.29, 1.82) is 0 Å². The van der Waals surface area contributed by atoms with Crippen LogP contribution in [0.2, 0.25) is 5.02 Å². The molecule has 0 fully saturated rings. The summed E-state index contributed by atoms with van der Waals surface area (Å²) in [6, 6.07) is 12.1. The van der Waals surface area contributed by atoms with Crippen LogP contribution in [0, 0.1) is 0 Å². The lowest BCUT2D eigenvalue weighted by atomic mass is 10.1. The maximum Gasteiger partial charge on any atom is 0.307 e. The van der Waals surface area contributed by atoms with E-state index in [1.807, 2.05) is 6.07 Å². The fraction of sp³-hybridized carbons (Fsp3) is 0.188. The van der Waals surface area contributed by atoms with Gasteiger partial charge in [0.1, 0.15) is 0 Å². The van der Waals surface area contributed by atoms with Crippen LogP contribution in [-0.4, -0.2) is 21.5 Å². The van der Waals surface area contributed by atoms with Crippen molar-refractivity contribution in [2.75, 3.05) is 7.11 Å². The van der Waals surface area contributed by atoms with Gasteiger partial charge in [-0.1, -0.05) is 39.7 Å². The zero-order valence-electron chi connectivity index (χ0n) is 12.7. The van der Waals surface area contributed by atoms with Crippen molar-refractivity contribution in [2.45, 2.75) is 17.4 Å². The Morgan fingerprint density at radius 3 is 2.50 bits per heavy atom. The lowest BCUT2D eigenvalue weighted by Gasteiger charge is -2.18. The predicted octanol–water partition coefficient (Wildman–Crippen LogP) is 3.69. The first-order valence-corrected chi connectivity index (χ1v) is 9.57. The quantitative estimate of drug-likeness (QED) is 0.707. The number of ether oxygens (including phenoxy) is 1. The SMILES string of the molecule is COC(=O)CC(NS(=O)(=O)c1ccc(Cl)cc1)c1cccc(Br)c1. The van der Waals surface area contributed by atoms with Crippen molar-refractivity contribution in [1.82, 2.24) is 4.72 Å². The van der Waals surface area contributed by atoms with E-state index in [1.54, 1.807) is 18.2 Å². The Labute approximate surface area is 154 Å². The number of methoxy groups -OCH3 is 1. The molecule has 0 aromatic heterocycles. The minimum absolute atomic E-state index is 0.0664. The average molecular weight is 433 g/mol. The number of rotatable bonds is 6. The second kappa shape index (κ2) is 8.11. The molecule has 2 aromatic carbocycles. The van der Waals surface area contributed by atoms with Crippen LogP contribution < -0.4 is 4.72 Å². The van der Waals surface area contributed by atoms with Crippen molar-refractivity contribution in [2.24, 2.45) is 0 Å². The van der Waals surface area contributed by atoms with E-state index in [1.165, 1.54) is 31.4 Å². The fourth-order valence-corrected chi connectivity index (χ4v) is 3.84. The van der Waals surface area contributed by atoms with Gasteiger partial charge >= 0.3 is 5.97 Å². The Hall–Kier alpha value is -1.41. The molecule has 5 nitrogen and oxygen atoms in total. The number of carbonyl (C=O) groups is 1. The predicted molar refractivity (Wildman–Crippen MR) is 95.3 cm³/mol. The molecule has 0 heterocycles. The maximum atomic E-state index is 12.6. The Morgan fingerprint density at radius 1 is 1.25 bits per heavy atom. The standard InChI is InChI=1S/C16H15BrClNO4S/c1-23-16(20)10-15(11-3-2-4-12(17)9-11)19-24(21,22)14-7-5-13(18)6-8-14/h2-9,15,19H,10H2,1H3. The van der Waals surface area contributed by atoms with Crippen molar-refractivity contribution in [3.05, 3.63) is 63.6 Å². The number of hydrogen-bond donors (Lipinski definition) is 1. The van der Waals surface area contributed by atoms with Gasteiger partial charge in [0.2, 0.25) is 10.0 Å². The maximum absolute atomic E-state index is 12.6. The van der Waals surface area contributed by atoms with E-state index in [-0.39, 0.29) is 11.3 Å². The summed E-state index contributed by atoms with van der Waals surface area (Å²) in [5.41, 5.74) is 0.646. The Balaban J connectivity index is 2.33. The summed E-state index contributed by atoms with van der Waals surface area (Å²) in [4.78, 5) is 11.7. The fourth-order valence-electron chi connectivity index (χ4n) is 2.07. The van der Waals surface area contributed by atoms with Gasteiger partial charge in [-0.3, -0.25) is 4.79 Å². The summed E-state index contributed by atoms with van der Waals surface area (Å²) in [6.07, 6.45) is -0.125. The first kappa shape index (κ1) is 18.9. The van der Waals surface area contributed by atoms with Crippen LogP contribution in [0.4, 0.5) is 0 Å². The third-order valence-corrected chi connectivity index (χ3v) is 5.50. The van der Waals surface area contributed by atoms with Gasteiger partial charge in [-0.05, 0) is 42.0 Å². The van der Waals surface area contributed by atoms with E-state index in [0.29, 0.717) is 10.6 Å². The zero-order chi connectivity index (χ0) is 17.7. The largest absolute Gasteiger partial charge is 0.469 e. The second-order valence-corrected chi connectivity index (χ2v) is 8.03. The first-order chi connectivity index (χ1) is 11.3. The van der Waals surface area contributed by atoms with Crippen molar-refractivity contribution >= 4 is 43.5 Å². The number of carbonyl (C=O) groups excluding carboxylic acids is 1. The molecule has 0 aliphatic heterocycles. The summed E-state index contributed by atoms with van der Waals surface area (Å²) < 4.78 is 33.1. The number of sulfonamides is 1. The van der Waals surface area contributed by atoms with Gasteiger partial charge in [0, 0.05) is 9.50 Å². The van der Waals surface area contributed by atoms with Crippen molar-refractivity contribution < 1.29 is 17.9 Å². The molecule has 0 aliphatic carbocycles. The number of benzene rings is 2. The molecule has 24 heavy (non-hydrogen) atoms. The molecule has 0 spiro atoms. The third-order valence-electron chi connectivity index (χ3n) is 3.27. The highest BCUT2D eigenvalue weighted by atomic mass is 79.9. The normalized spacial score (nSPS) is 12.6. The highest BCUT2D eigenvalue weighted by Crippen LogP contribution is 2.24. The van der Waals surface area contributed by atoms with E-state index in [2.05, 4.69) is 25.4 Å². The molecule has 2 aromatic rings. The van der Waals surface area contributed by atoms with E-state index < -0.39 is 22.0 Å². The Kier molecular flexibility index (Phi) is 6.40. The van der Waals surface area contributed by atoms with Crippen LogP contribution in [0.25, 0.3) is 0 Å². The third kappa shape index (κ3) is 5.04. The summed E-state index contributed by atoms with van der Waals surface area (Å²) in [5, 5.41) is 0.437. The van der Waals surface area contributed by atoms with Crippen LogP contribution in [0.5, 0.6) is 0 Å². The van der Waals surface area contributed by atoms with Crippen LogP contribution in [0.15, 0.2) is 57.9 Å². The van der Waals surface area contributed by atoms with Gasteiger partial charge in [-0.2, -0.15) is 0 Å². The lowest BCUT2D eigenvalue weighted by Crippen LogP contribution is -2.30. The Morgan fingerprint density at radius 2 is 1.92 bits per heavy atom. The molecule has 0 saturated heterocycles. The van der Waals surface area contributed by atoms with Crippen LogP contribution in [0.1, 0.15) is 18.0 Å². The van der Waals surface area contributed by atoms with Gasteiger partial charge in [0.05, 0.1) is 24.5 Å². The summed E-state index contributed by atoms with van der Waals surface area (Å²) in [5.74, 6) is -0.515. The van der Waals surface area contributed by atoms with Crippen molar-refractivity contribution in [3.8, 4) is 0 Å². The summed E-state index contributed by atoms with van der Waals surface area (Å²) >= 11 is 9.13. The lowest BCUT2D eigenvalue weighted by molar-refractivity contribution is -0.141. The minimum Gasteiger partial charge on any atom is -0.469 e. The number of esters is 1. The molecule has 0 bridgehead atoms. The summed E-state index contributed by atoms with van der Waals surface area (Å²) in [7, 11) is -2.56. The van der Waals surface area contributed by atoms with E-state index >= 15 is 0 Å². The molecule has 0 radical (unpaired) electrons. The van der Waals surface area contributed by atoms with Crippen LogP contribution in [0.3, 0.4) is 0 Å². The monoisotopic (exact) mass is 431 g/mol. The molecule has 2 rings (SSSR count). The van der Waals surface area contributed by atoms with E-state index in [9.17, 15) is 13.2 Å². The summed E-state index contributed by atoms with van der Waals surface area (Å²) in [6.45, 7) is 0. The van der Waals surface area contributed by atoms with Crippen molar-refractivity contribution in [3.63, 3.8) is 0 Å². The van der Waals surface area contributed by atoms with Gasteiger partial charge in [0.25, 0.3) is 0 Å². The highest BCUT2D eigenvalue weighted by Gasteiger charge is 2.24. The molecule has 8 heteroatoms. The molecule has 0 aliphatic rings. The molecule has 0 saturated carbocycles. The number of nitrogens with one attached hydrogen (secondary N) is 1. The molecule has 1 atom stereocenters. The van der Waals surface area contributed by atoms with Gasteiger partial charge in [-0.15, -0.1) is 0 Å². The first-order valence-electron chi connectivity index (χ1n) is 6.92. The van der Waals surface area contributed by atoms with Gasteiger partial charge < -0.3 is 4.74 Å². The highest BCUT2D eigenvalue weighted by molar-refractivity contribution is 9.10. The molecule has 1 unspecified atom stereocenters. The van der Waals surface area contributed by atoms with Crippen LogP contribution >= 0.6 is 27.5 Å². The van der Waals surface area contributed by atoms with Crippen LogP contribution in [-0.2, 0) is 19.6 Å². The molecular weight excluding hydrogens is 418 g/mol. The topological polar surface area (TPSA) is 72.5 Å². The van der Waals surface area contributed by atoms with E-state index in [4.69, 9.17) is 11.6 Å². The smallest absolute Gasteiger partial charge is 0.307 e. The van der Waals surface area contributed by atoms with Gasteiger partial charge in [-0.25, -0.2) is 13.1 Å². The number of halogens is 2. The minimum atomic E-state index is -3.82. The molecule has 1 N–H and O–H groups in total. The molecule has 128 valence electrons. The zero-order valence-corrected chi connectivity index (χ0v) is 15.9. The van der Waals surface area contributed by atoms with E-state index in [0.717, 1.165) is 4.47 Å². The number of hydrogen-bond acceptors (Lipinski definition) is 4. The molecule has 0 amide bonds. The Bertz CT molecular complexity index is 824. The van der Waals surface area contributed by atoms with Gasteiger partial charge in [0.15, 0.2) is 0 Å². The average Bonchev–Trinajstić information content (AvgIpc) is 2.54.